The van der Waals surface area contributed by atoms with E-state index in [0.29, 0.717) is 40.6 Å². The minimum Gasteiger partial charge on any atom is -0.339 e. The van der Waals surface area contributed by atoms with E-state index in [2.05, 4.69) is 15.3 Å². The molecular weight excluding hydrogens is 372 g/mol. The summed E-state index contributed by atoms with van der Waals surface area (Å²) in [7, 11) is 0. The van der Waals surface area contributed by atoms with Crippen LogP contribution in [0.3, 0.4) is 0 Å². The third kappa shape index (κ3) is 4.90. The Morgan fingerprint density at radius 3 is 2.43 bits per heavy atom. The fourth-order valence-electron chi connectivity index (χ4n) is 2.85. The van der Waals surface area contributed by atoms with Gasteiger partial charge in [0, 0.05) is 30.3 Å². The number of hydrogen-bond donors (Lipinski definition) is 1. The van der Waals surface area contributed by atoms with Gasteiger partial charge in [0.15, 0.2) is 0 Å². The van der Waals surface area contributed by atoms with Gasteiger partial charge in [0.05, 0.1) is 11.3 Å². The Morgan fingerprint density at radius 1 is 1.18 bits per heavy atom. The molecule has 0 saturated carbocycles. The zero-order valence-electron chi connectivity index (χ0n) is 17.4. The van der Waals surface area contributed by atoms with Gasteiger partial charge in [0.2, 0.25) is 0 Å². The van der Waals surface area contributed by atoms with Crippen LogP contribution < -0.4 is 5.32 Å². The molecule has 1 aromatic carbocycles. The van der Waals surface area contributed by atoms with Gasteiger partial charge in [-0.25, -0.2) is 9.97 Å². The van der Waals surface area contributed by atoms with Gasteiger partial charge >= 0.3 is 0 Å². The van der Waals surface area contributed by atoms with Crippen LogP contribution in [-0.2, 0) is 0 Å². The fraction of sp³-hybridized carbons (Fsp3) is 0.429. The van der Waals surface area contributed by atoms with Gasteiger partial charge in [0.1, 0.15) is 10.9 Å². The number of benzene rings is 1. The molecule has 0 fully saturated rings. The average Bonchev–Trinajstić information content (AvgIpc) is 2.68. The maximum absolute atomic E-state index is 12.9. The molecule has 6 nitrogen and oxygen atoms in total. The highest BCUT2D eigenvalue weighted by Crippen LogP contribution is 2.24. The standard InChI is InChI=1S/C21H28N4O2S/c1-7-25(8-2)21(27)15-10-9-11-16(12-15)23-19(26)17-14(5)22-18(13(3)4)24-20(17)28-6/h9-13H,7-8H2,1-6H3,(H,23,26). The monoisotopic (exact) mass is 400 g/mol. The highest BCUT2D eigenvalue weighted by Gasteiger charge is 2.20. The van der Waals surface area contributed by atoms with Crippen molar-refractivity contribution in [3.63, 3.8) is 0 Å². The second-order valence-electron chi connectivity index (χ2n) is 6.72. The first-order valence-electron chi connectivity index (χ1n) is 9.45. The van der Waals surface area contributed by atoms with Crippen LogP contribution in [0.5, 0.6) is 0 Å². The van der Waals surface area contributed by atoms with E-state index in [9.17, 15) is 9.59 Å². The van der Waals surface area contributed by atoms with E-state index in [1.807, 2.05) is 40.9 Å². The van der Waals surface area contributed by atoms with Crippen molar-refractivity contribution in [3.05, 3.63) is 46.9 Å². The molecule has 0 aliphatic heterocycles. The molecule has 0 saturated heterocycles. The molecule has 2 rings (SSSR count). The minimum atomic E-state index is -0.274. The molecule has 150 valence electrons. The predicted molar refractivity (Wildman–Crippen MR) is 114 cm³/mol. The normalized spacial score (nSPS) is 10.8. The molecule has 1 heterocycles. The molecule has 0 atom stereocenters. The Bertz CT molecular complexity index is 863. The lowest BCUT2D eigenvalue weighted by Gasteiger charge is -2.19. The van der Waals surface area contributed by atoms with E-state index < -0.39 is 0 Å². The lowest BCUT2D eigenvalue weighted by atomic mass is 10.1. The zero-order valence-corrected chi connectivity index (χ0v) is 18.2. The summed E-state index contributed by atoms with van der Waals surface area (Å²) in [5, 5.41) is 3.55. The first kappa shape index (κ1) is 21.9. The summed E-state index contributed by atoms with van der Waals surface area (Å²) in [6, 6.07) is 7.01. The lowest BCUT2D eigenvalue weighted by Crippen LogP contribution is -2.30. The minimum absolute atomic E-state index is 0.0494. The van der Waals surface area contributed by atoms with Gasteiger partial charge in [-0.05, 0) is 45.2 Å². The van der Waals surface area contributed by atoms with Crippen LogP contribution in [0.1, 0.15) is 65.8 Å². The summed E-state index contributed by atoms with van der Waals surface area (Å²) in [5.74, 6) is 0.589. The average molecular weight is 401 g/mol. The molecule has 0 unspecified atom stereocenters. The molecule has 0 bridgehead atoms. The molecular formula is C21H28N4O2S. The molecule has 0 aliphatic rings. The zero-order chi connectivity index (χ0) is 20.8. The van der Waals surface area contributed by atoms with E-state index in [1.54, 1.807) is 29.2 Å². The predicted octanol–water partition coefficient (Wildman–Crippen LogP) is 4.36. The Hall–Kier alpha value is -2.41. The van der Waals surface area contributed by atoms with Crippen molar-refractivity contribution >= 4 is 29.3 Å². The molecule has 2 amide bonds. The van der Waals surface area contributed by atoms with Crippen molar-refractivity contribution < 1.29 is 9.59 Å². The number of nitrogens with zero attached hydrogens (tertiary/aromatic N) is 3. The Morgan fingerprint density at radius 2 is 1.86 bits per heavy atom. The molecule has 0 spiro atoms. The maximum atomic E-state index is 12.9. The lowest BCUT2D eigenvalue weighted by molar-refractivity contribution is 0.0772. The van der Waals surface area contributed by atoms with Gasteiger partial charge in [-0.3, -0.25) is 9.59 Å². The third-order valence-electron chi connectivity index (χ3n) is 4.43. The van der Waals surface area contributed by atoms with Crippen LogP contribution in [0, 0.1) is 6.92 Å². The topological polar surface area (TPSA) is 75.2 Å². The second-order valence-corrected chi connectivity index (χ2v) is 7.51. The molecule has 1 aromatic heterocycles. The maximum Gasteiger partial charge on any atom is 0.260 e. The smallest absolute Gasteiger partial charge is 0.260 e. The summed E-state index contributed by atoms with van der Waals surface area (Å²) >= 11 is 1.43. The summed E-state index contributed by atoms with van der Waals surface area (Å²) in [6.45, 7) is 11.0. The van der Waals surface area contributed by atoms with Crippen LogP contribution in [0.25, 0.3) is 0 Å². The number of carbonyl (C=O) groups excluding carboxylic acids is 2. The molecule has 0 radical (unpaired) electrons. The summed E-state index contributed by atoms with van der Waals surface area (Å²) in [4.78, 5) is 36.3. The first-order chi connectivity index (χ1) is 13.3. The SMILES string of the molecule is CCN(CC)C(=O)c1cccc(NC(=O)c2c(C)nc(C(C)C)nc2SC)c1. The number of anilines is 1. The number of amides is 2. The summed E-state index contributed by atoms with van der Waals surface area (Å²) < 4.78 is 0. The molecule has 28 heavy (non-hydrogen) atoms. The largest absolute Gasteiger partial charge is 0.339 e. The molecule has 7 heteroatoms. The highest BCUT2D eigenvalue weighted by atomic mass is 32.2. The van der Waals surface area contributed by atoms with Crippen LogP contribution >= 0.6 is 11.8 Å². The van der Waals surface area contributed by atoms with Crippen LogP contribution in [0.4, 0.5) is 5.69 Å². The van der Waals surface area contributed by atoms with Gasteiger partial charge in [-0.1, -0.05) is 19.9 Å². The summed E-state index contributed by atoms with van der Waals surface area (Å²) in [6.07, 6.45) is 1.89. The quantitative estimate of drug-likeness (QED) is 0.552. The molecule has 0 aliphatic carbocycles. The van der Waals surface area contributed by atoms with Gasteiger partial charge in [-0.15, -0.1) is 11.8 Å². The van der Waals surface area contributed by atoms with Gasteiger partial charge in [0.25, 0.3) is 11.8 Å². The Balaban J connectivity index is 2.31. The number of thioether (sulfide) groups is 1. The number of nitrogens with one attached hydrogen (secondary N) is 1. The second kappa shape index (κ2) is 9.68. The third-order valence-corrected chi connectivity index (χ3v) is 5.11. The van der Waals surface area contributed by atoms with E-state index >= 15 is 0 Å². The fourth-order valence-corrected chi connectivity index (χ4v) is 3.48. The van der Waals surface area contributed by atoms with Crippen LogP contribution in [0.15, 0.2) is 29.3 Å². The van der Waals surface area contributed by atoms with Crippen molar-refractivity contribution in [1.82, 2.24) is 14.9 Å². The van der Waals surface area contributed by atoms with Gasteiger partial charge in [-0.2, -0.15) is 0 Å². The van der Waals surface area contributed by atoms with E-state index in [-0.39, 0.29) is 17.7 Å². The van der Waals surface area contributed by atoms with Crippen LogP contribution in [-0.4, -0.2) is 46.0 Å². The van der Waals surface area contributed by atoms with Crippen molar-refractivity contribution in [3.8, 4) is 0 Å². The summed E-state index contributed by atoms with van der Waals surface area (Å²) in [5.41, 5.74) is 2.24. The van der Waals surface area contributed by atoms with E-state index in [4.69, 9.17) is 0 Å². The first-order valence-corrected chi connectivity index (χ1v) is 10.7. The van der Waals surface area contributed by atoms with Crippen molar-refractivity contribution in [2.75, 3.05) is 24.7 Å². The number of aryl methyl sites for hydroxylation is 1. The number of rotatable bonds is 7. The number of hydrogen-bond acceptors (Lipinski definition) is 5. The van der Waals surface area contributed by atoms with Crippen LogP contribution in [0.2, 0.25) is 0 Å². The number of carbonyl (C=O) groups is 2. The highest BCUT2D eigenvalue weighted by molar-refractivity contribution is 7.98. The van der Waals surface area contributed by atoms with Crippen molar-refractivity contribution in [1.29, 1.82) is 0 Å². The number of aromatic nitrogens is 2. The molecule has 1 N–H and O–H groups in total. The van der Waals surface area contributed by atoms with E-state index in [0.717, 1.165) is 5.82 Å². The van der Waals surface area contributed by atoms with Gasteiger partial charge < -0.3 is 10.2 Å². The molecule has 2 aromatic rings. The van der Waals surface area contributed by atoms with Crippen molar-refractivity contribution in [2.45, 2.75) is 45.6 Å². The van der Waals surface area contributed by atoms with E-state index in [1.165, 1.54) is 11.8 Å². The Labute approximate surface area is 171 Å². The van der Waals surface area contributed by atoms with Crippen molar-refractivity contribution in [2.24, 2.45) is 0 Å². The Kier molecular flexibility index (Phi) is 7.57.